The maximum Gasteiger partial charge on any atom is 0.418 e. The molecule has 0 aliphatic carbocycles. The number of benzene rings is 2. The molecule has 2 aromatic carbocycles. The van der Waals surface area contributed by atoms with E-state index in [0.29, 0.717) is 21.9 Å². The van der Waals surface area contributed by atoms with Crippen LogP contribution in [-0.4, -0.2) is 71.7 Å². The number of carbonyl (C=O) groups is 1. The number of ether oxygens (including phenoxy) is 1. The number of nitrogens with zero attached hydrogens (tertiary/aromatic N) is 8. The first kappa shape index (κ1) is 32.9. The predicted molar refractivity (Wildman–Crippen MR) is 184 cm³/mol. The van der Waals surface area contributed by atoms with Crippen molar-refractivity contribution in [2.75, 3.05) is 31.1 Å². The predicted octanol–water partition coefficient (Wildman–Crippen LogP) is 6.42. The number of hydrogen-bond donors (Lipinski definition) is 0. The maximum atomic E-state index is 14.7. The highest BCUT2D eigenvalue weighted by Gasteiger charge is 2.37. The molecule has 0 radical (unpaired) electrons. The summed E-state index contributed by atoms with van der Waals surface area (Å²) >= 11 is 0. The zero-order valence-corrected chi connectivity index (χ0v) is 28.2. The Morgan fingerprint density at radius 1 is 0.840 bits per heavy atom. The van der Waals surface area contributed by atoms with Crippen LogP contribution >= 0.6 is 0 Å². The van der Waals surface area contributed by atoms with Crippen LogP contribution in [0.3, 0.4) is 0 Å². The average molecular weight is 685 g/mol. The van der Waals surface area contributed by atoms with E-state index in [1.807, 2.05) is 43.6 Å². The molecule has 14 heteroatoms. The van der Waals surface area contributed by atoms with Crippen LogP contribution in [0.1, 0.15) is 26.3 Å². The molecule has 6 aromatic rings. The third kappa shape index (κ3) is 6.05. The zero-order valence-electron chi connectivity index (χ0n) is 28.2. The SMILES string of the molecule is Cn1cc(-c2ccc(-c3ccc4ncc5c(c4c3)n(-c3ccc(N4CCN(C(=O)OC(C)(C)C)CC4)c(C(F)(F)F)c3)c(=O)n5C)cn2)cn1. The molecule has 0 spiro atoms. The van der Waals surface area contributed by atoms with Crippen LogP contribution in [0.4, 0.5) is 23.7 Å². The fourth-order valence-electron chi connectivity index (χ4n) is 6.33. The monoisotopic (exact) mass is 684 g/mol. The third-order valence-corrected chi connectivity index (χ3v) is 8.80. The molecule has 4 aromatic heterocycles. The Labute approximate surface area is 285 Å². The van der Waals surface area contributed by atoms with Gasteiger partial charge in [-0.2, -0.15) is 18.3 Å². The molecule has 7 rings (SSSR count). The van der Waals surface area contributed by atoms with Gasteiger partial charge in [0.2, 0.25) is 0 Å². The van der Waals surface area contributed by atoms with Crippen molar-refractivity contribution in [1.82, 2.24) is 33.8 Å². The minimum Gasteiger partial charge on any atom is -0.444 e. The number of aryl methyl sites for hydroxylation is 2. The number of halogens is 3. The number of hydrogen-bond acceptors (Lipinski definition) is 7. The van der Waals surface area contributed by atoms with Gasteiger partial charge in [-0.1, -0.05) is 12.1 Å². The molecule has 1 amide bonds. The van der Waals surface area contributed by atoms with Crippen molar-refractivity contribution in [2.24, 2.45) is 14.1 Å². The van der Waals surface area contributed by atoms with Gasteiger partial charge in [0.1, 0.15) is 5.60 Å². The number of anilines is 1. The number of alkyl halides is 3. The van der Waals surface area contributed by atoms with Gasteiger partial charge in [0.15, 0.2) is 0 Å². The molecule has 50 heavy (non-hydrogen) atoms. The van der Waals surface area contributed by atoms with Gasteiger partial charge in [-0.25, -0.2) is 9.59 Å². The van der Waals surface area contributed by atoms with Crippen LogP contribution < -0.4 is 10.6 Å². The molecule has 0 unspecified atom stereocenters. The molecule has 0 atom stereocenters. The quantitative estimate of drug-likeness (QED) is 0.211. The fraction of sp³-hybridized carbons (Fsp3) is 0.306. The van der Waals surface area contributed by atoms with Crippen LogP contribution in [0, 0.1) is 0 Å². The Morgan fingerprint density at radius 2 is 1.58 bits per heavy atom. The molecule has 5 heterocycles. The lowest BCUT2D eigenvalue weighted by molar-refractivity contribution is -0.137. The Kier molecular flexibility index (Phi) is 7.91. The molecule has 0 bridgehead atoms. The van der Waals surface area contributed by atoms with Gasteiger partial charge in [0, 0.05) is 74.9 Å². The Bertz CT molecular complexity index is 2310. The summed E-state index contributed by atoms with van der Waals surface area (Å²) in [7, 11) is 3.41. The topological polar surface area (TPSA) is 103 Å². The molecular formula is C36H35F3N8O3. The Morgan fingerprint density at radius 3 is 2.22 bits per heavy atom. The van der Waals surface area contributed by atoms with Crippen LogP contribution in [0.25, 0.3) is 50.0 Å². The number of imidazole rings is 1. The first-order valence-corrected chi connectivity index (χ1v) is 16.1. The second kappa shape index (κ2) is 12.0. The summed E-state index contributed by atoms with van der Waals surface area (Å²) in [5.41, 5.74) is 2.75. The largest absolute Gasteiger partial charge is 0.444 e. The molecule has 0 saturated carbocycles. The number of amides is 1. The summed E-state index contributed by atoms with van der Waals surface area (Å²) in [6.07, 6.45) is 1.70. The van der Waals surface area contributed by atoms with Crippen molar-refractivity contribution in [2.45, 2.75) is 32.5 Å². The van der Waals surface area contributed by atoms with Gasteiger partial charge in [-0.15, -0.1) is 0 Å². The lowest BCUT2D eigenvalue weighted by Crippen LogP contribution is -2.50. The molecule has 1 aliphatic rings. The highest BCUT2D eigenvalue weighted by atomic mass is 19.4. The van der Waals surface area contributed by atoms with Crippen molar-refractivity contribution in [3.05, 3.63) is 89.4 Å². The van der Waals surface area contributed by atoms with Gasteiger partial charge < -0.3 is 14.5 Å². The number of piperazine rings is 1. The number of fused-ring (bicyclic) bond motifs is 3. The number of rotatable bonds is 4. The van der Waals surface area contributed by atoms with E-state index in [2.05, 4.69) is 15.1 Å². The van der Waals surface area contributed by atoms with Crippen LogP contribution in [0.5, 0.6) is 0 Å². The molecule has 258 valence electrons. The summed E-state index contributed by atoms with van der Waals surface area (Å²) in [4.78, 5) is 38.6. The van der Waals surface area contributed by atoms with Crippen molar-refractivity contribution in [3.63, 3.8) is 0 Å². The van der Waals surface area contributed by atoms with E-state index < -0.39 is 29.1 Å². The van der Waals surface area contributed by atoms with Gasteiger partial charge in [0.25, 0.3) is 0 Å². The van der Waals surface area contributed by atoms with E-state index in [9.17, 15) is 22.8 Å². The zero-order chi connectivity index (χ0) is 35.5. The van der Waals surface area contributed by atoms with Gasteiger partial charge >= 0.3 is 18.0 Å². The second-order valence-corrected chi connectivity index (χ2v) is 13.4. The average Bonchev–Trinajstić information content (AvgIpc) is 3.63. The van der Waals surface area contributed by atoms with Gasteiger partial charge in [-0.3, -0.25) is 23.8 Å². The molecular weight excluding hydrogens is 649 g/mol. The van der Waals surface area contributed by atoms with Gasteiger partial charge in [-0.05, 0) is 62.7 Å². The second-order valence-electron chi connectivity index (χ2n) is 13.4. The normalized spacial score (nSPS) is 14.2. The number of aromatic nitrogens is 6. The van der Waals surface area contributed by atoms with Crippen LogP contribution in [0.2, 0.25) is 0 Å². The third-order valence-electron chi connectivity index (χ3n) is 8.80. The highest BCUT2D eigenvalue weighted by molar-refractivity contribution is 6.04. The van der Waals surface area contributed by atoms with Crippen molar-refractivity contribution in [3.8, 4) is 28.1 Å². The fourth-order valence-corrected chi connectivity index (χ4v) is 6.33. The van der Waals surface area contributed by atoms with Crippen molar-refractivity contribution < 1.29 is 22.7 Å². The lowest BCUT2D eigenvalue weighted by atomic mass is 10.0. The van der Waals surface area contributed by atoms with Crippen molar-refractivity contribution in [1.29, 1.82) is 0 Å². The standard InChI is InChI=1S/C36H35F3N8O3/c1-35(2,3)50-34(49)46-14-12-45(13-15-46)30-11-8-25(17-27(30)36(37,38)39)47-32-26-16-22(6-10-29(26)41-20-31(32)44(5)33(47)48)23-7-9-28(40-18-23)24-19-42-43(4)21-24/h6-11,16-21H,12-15H2,1-5H3. The first-order chi connectivity index (χ1) is 23.7. The smallest absolute Gasteiger partial charge is 0.418 e. The summed E-state index contributed by atoms with van der Waals surface area (Å²) in [6, 6.07) is 13.4. The van der Waals surface area contributed by atoms with Crippen LogP contribution in [0.15, 0.2) is 78.1 Å². The lowest BCUT2D eigenvalue weighted by Gasteiger charge is -2.37. The summed E-state index contributed by atoms with van der Waals surface area (Å²) in [5, 5.41) is 4.80. The summed E-state index contributed by atoms with van der Waals surface area (Å²) in [5.74, 6) is 0. The first-order valence-electron chi connectivity index (χ1n) is 16.1. The Balaban J connectivity index is 1.28. The van der Waals surface area contributed by atoms with E-state index in [1.165, 1.54) is 26.2 Å². The molecule has 1 saturated heterocycles. The van der Waals surface area contributed by atoms with E-state index in [4.69, 9.17) is 4.74 Å². The molecule has 1 fully saturated rings. The minimum absolute atomic E-state index is 0.0191. The van der Waals surface area contributed by atoms with Crippen LogP contribution in [-0.2, 0) is 25.0 Å². The summed E-state index contributed by atoms with van der Waals surface area (Å²) < 4.78 is 54.0. The molecule has 11 nitrogen and oxygen atoms in total. The molecule has 1 aliphatic heterocycles. The van der Waals surface area contributed by atoms with E-state index in [1.54, 1.807) is 56.0 Å². The van der Waals surface area contributed by atoms with E-state index >= 15 is 0 Å². The van der Waals surface area contributed by atoms with E-state index in [-0.39, 0.29) is 37.6 Å². The minimum atomic E-state index is -4.71. The van der Waals surface area contributed by atoms with Crippen molar-refractivity contribution >= 4 is 33.7 Å². The number of pyridine rings is 2. The van der Waals surface area contributed by atoms with E-state index in [0.717, 1.165) is 28.5 Å². The molecule has 0 N–H and O–H groups in total. The highest BCUT2D eigenvalue weighted by Crippen LogP contribution is 2.39. The maximum absolute atomic E-state index is 14.7. The Hall–Kier alpha value is -5.66. The van der Waals surface area contributed by atoms with Gasteiger partial charge in [0.05, 0.1) is 45.9 Å². The summed E-state index contributed by atoms with van der Waals surface area (Å²) in [6.45, 7) is 6.08. The number of carbonyl (C=O) groups excluding carboxylic acids is 1.